The Morgan fingerprint density at radius 2 is 1.81 bits per heavy atom. The zero-order valence-corrected chi connectivity index (χ0v) is 17.4. The Kier molecular flexibility index (Phi) is 5.61. The summed E-state index contributed by atoms with van der Waals surface area (Å²) < 4.78 is 17.3. The van der Waals surface area contributed by atoms with Crippen molar-refractivity contribution in [2.45, 2.75) is 25.7 Å². The summed E-state index contributed by atoms with van der Waals surface area (Å²) in [4.78, 5) is 17.1. The minimum Gasteiger partial charge on any atom is -0.493 e. The monoisotopic (exact) mass is 418 g/mol. The molecular weight excluding hydrogens is 392 g/mol. The molecule has 0 radical (unpaired) electrons. The van der Waals surface area contributed by atoms with Crippen molar-refractivity contribution in [1.29, 1.82) is 0 Å². The molecule has 0 saturated heterocycles. The predicted molar refractivity (Wildman–Crippen MR) is 119 cm³/mol. The van der Waals surface area contributed by atoms with E-state index < -0.39 is 0 Å². The SMILES string of the molecule is O=C(Nc1ccc2c(c1)OCCO2)C1CCC(COc2ccnc3ccccc23)CC1. The van der Waals surface area contributed by atoms with Gasteiger partial charge >= 0.3 is 0 Å². The summed E-state index contributed by atoms with van der Waals surface area (Å²) in [6.45, 7) is 1.76. The Bertz CT molecular complexity index is 1070. The Hall–Kier alpha value is -3.28. The van der Waals surface area contributed by atoms with Crippen LogP contribution >= 0.6 is 0 Å². The van der Waals surface area contributed by atoms with Crippen molar-refractivity contribution in [2.24, 2.45) is 11.8 Å². The molecular formula is C25H26N2O4. The number of rotatable bonds is 5. The van der Waals surface area contributed by atoms with Crippen molar-refractivity contribution in [3.05, 3.63) is 54.7 Å². The summed E-state index contributed by atoms with van der Waals surface area (Å²) in [6.07, 6.45) is 5.52. The van der Waals surface area contributed by atoms with Crippen LogP contribution in [-0.4, -0.2) is 30.7 Å². The van der Waals surface area contributed by atoms with E-state index in [-0.39, 0.29) is 11.8 Å². The van der Waals surface area contributed by atoms with Gasteiger partial charge in [0.05, 0.1) is 12.1 Å². The van der Waals surface area contributed by atoms with Crippen LogP contribution in [0.1, 0.15) is 25.7 Å². The van der Waals surface area contributed by atoms with Crippen LogP contribution in [0.2, 0.25) is 0 Å². The number of nitrogens with zero attached hydrogens (tertiary/aromatic N) is 1. The third-order valence-corrected chi connectivity index (χ3v) is 6.11. The Balaban J connectivity index is 1.13. The van der Waals surface area contributed by atoms with Gasteiger partial charge in [-0.1, -0.05) is 12.1 Å². The van der Waals surface area contributed by atoms with E-state index in [1.54, 1.807) is 6.20 Å². The van der Waals surface area contributed by atoms with Crippen molar-refractivity contribution in [2.75, 3.05) is 25.1 Å². The second-order valence-corrected chi connectivity index (χ2v) is 8.20. The van der Waals surface area contributed by atoms with Gasteiger partial charge in [0, 0.05) is 29.3 Å². The van der Waals surface area contributed by atoms with Gasteiger partial charge in [-0.05, 0) is 61.9 Å². The molecule has 0 atom stereocenters. The third kappa shape index (κ3) is 4.43. The molecule has 0 unspecified atom stereocenters. The number of ether oxygens (including phenoxy) is 3. The number of fused-ring (bicyclic) bond motifs is 2. The lowest BCUT2D eigenvalue weighted by atomic mass is 9.82. The molecule has 0 bridgehead atoms. The van der Waals surface area contributed by atoms with Gasteiger partial charge in [0.15, 0.2) is 11.5 Å². The third-order valence-electron chi connectivity index (χ3n) is 6.11. The highest BCUT2D eigenvalue weighted by atomic mass is 16.6. The number of benzene rings is 2. The van der Waals surface area contributed by atoms with Crippen LogP contribution in [0.4, 0.5) is 5.69 Å². The average Bonchev–Trinajstić information content (AvgIpc) is 2.83. The van der Waals surface area contributed by atoms with Crippen molar-refractivity contribution in [1.82, 2.24) is 4.98 Å². The summed E-state index contributed by atoms with van der Waals surface area (Å²) in [7, 11) is 0. The highest BCUT2D eigenvalue weighted by molar-refractivity contribution is 5.93. The fourth-order valence-corrected chi connectivity index (χ4v) is 4.36. The molecule has 1 saturated carbocycles. The Labute approximate surface area is 181 Å². The molecule has 1 fully saturated rings. The number of nitrogens with one attached hydrogen (secondary N) is 1. The van der Waals surface area contributed by atoms with Crippen LogP contribution in [0, 0.1) is 11.8 Å². The summed E-state index contributed by atoms with van der Waals surface area (Å²) >= 11 is 0. The number of amides is 1. The maximum atomic E-state index is 12.7. The van der Waals surface area contributed by atoms with E-state index in [1.807, 2.05) is 48.5 Å². The van der Waals surface area contributed by atoms with Crippen molar-refractivity contribution in [3.63, 3.8) is 0 Å². The standard InChI is InChI=1S/C25H26N2O4/c28-25(27-19-9-10-23-24(15-19)30-14-13-29-23)18-7-5-17(6-8-18)16-31-22-11-12-26-21-4-2-1-3-20(21)22/h1-4,9-12,15,17-18H,5-8,13-14,16H2,(H,27,28). The van der Waals surface area contributed by atoms with E-state index in [0.717, 1.165) is 53.8 Å². The quantitative estimate of drug-likeness (QED) is 0.643. The van der Waals surface area contributed by atoms with E-state index in [4.69, 9.17) is 14.2 Å². The number of carbonyl (C=O) groups excluding carboxylic acids is 1. The normalized spacial score (nSPS) is 20.3. The van der Waals surface area contributed by atoms with Gasteiger partial charge in [-0.3, -0.25) is 9.78 Å². The van der Waals surface area contributed by atoms with Crippen LogP contribution < -0.4 is 19.5 Å². The van der Waals surface area contributed by atoms with E-state index in [1.165, 1.54) is 0 Å². The number of anilines is 1. The number of pyridine rings is 1. The minimum atomic E-state index is 0.0335. The molecule has 5 rings (SSSR count). The molecule has 2 heterocycles. The zero-order valence-electron chi connectivity index (χ0n) is 17.4. The van der Waals surface area contributed by atoms with Crippen molar-refractivity contribution in [3.8, 4) is 17.2 Å². The minimum absolute atomic E-state index is 0.0335. The molecule has 1 N–H and O–H groups in total. The van der Waals surface area contributed by atoms with E-state index in [0.29, 0.717) is 31.5 Å². The predicted octanol–water partition coefficient (Wildman–Crippen LogP) is 4.83. The van der Waals surface area contributed by atoms with Crippen LogP contribution in [0.15, 0.2) is 54.7 Å². The molecule has 2 aromatic carbocycles. The maximum Gasteiger partial charge on any atom is 0.227 e. The lowest BCUT2D eigenvalue weighted by Crippen LogP contribution is -2.29. The molecule has 1 aromatic heterocycles. The number of hydrogen-bond donors (Lipinski definition) is 1. The molecule has 31 heavy (non-hydrogen) atoms. The van der Waals surface area contributed by atoms with Gasteiger partial charge < -0.3 is 19.5 Å². The van der Waals surface area contributed by atoms with Crippen molar-refractivity contribution >= 4 is 22.5 Å². The second kappa shape index (κ2) is 8.84. The molecule has 6 heteroatoms. The molecule has 0 spiro atoms. The highest BCUT2D eigenvalue weighted by Crippen LogP contribution is 2.34. The maximum absolute atomic E-state index is 12.7. The van der Waals surface area contributed by atoms with Gasteiger partial charge in [0.25, 0.3) is 0 Å². The first kappa shape index (κ1) is 19.7. The first-order valence-corrected chi connectivity index (χ1v) is 10.9. The fraction of sp³-hybridized carbons (Fsp3) is 0.360. The van der Waals surface area contributed by atoms with E-state index >= 15 is 0 Å². The number of carbonyl (C=O) groups is 1. The summed E-state index contributed by atoms with van der Waals surface area (Å²) in [5.74, 6) is 2.87. The first-order chi connectivity index (χ1) is 15.3. The lowest BCUT2D eigenvalue weighted by molar-refractivity contribution is -0.121. The number of hydrogen-bond acceptors (Lipinski definition) is 5. The van der Waals surface area contributed by atoms with E-state index in [9.17, 15) is 4.79 Å². The summed E-state index contributed by atoms with van der Waals surface area (Å²) in [5, 5.41) is 4.08. The number of para-hydroxylation sites is 1. The summed E-state index contributed by atoms with van der Waals surface area (Å²) in [6, 6.07) is 15.5. The van der Waals surface area contributed by atoms with Crippen LogP contribution in [0.3, 0.4) is 0 Å². The van der Waals surface area contributed by atoms with Gasteiger partial charge in [-0.15, -0.1) is 0 Å². The molecule has 1 aliphatic heterocycles. The van der Waals surface area contributed by atoms with Gasteiger partial charge in [0.1, 0.15) is 19.0 Å². The first-order valence-electron chi connectivity index (χ1n) is 10.9. The second-order valence-electron chi connectivity index (χ2n) is 8.20. The lowest BCUT2D eigenvalue weighted by Gasteiger charge is -2.28. The van der Waals surface area contributed by atoms with Crippen LogP contribution in [0.25, 0.3) is 10.9 Å². The number of aromatic nitrogens is 1. The molecule has 1 amide bonds. The van der Waals surface area contributed by atoms with Crippen LogP contribution in [0.5, 0.6) is 17.2 Å². The fourth-order valence-electron chi connectivity index (χ4n) is 4.36. The zero-order chi connectivity index (χ0) is 21.0. The largest absolute Gasteiger partial charge is 0.493 e. The van der Waals surface area contributed by atoms with Gasteiger partial charge in [0.2, 0.25) is 5.91 Å². The molecule has 2 aliphatic rings. The smallest absolute Gasteiger partial charge is 0.227 e. The molecule has 3 aromatic rings. The van der Waals surface area contributed by atoms with Gasteiger partial charge in [-0.2, -0.15) is 0 Å². The van der Waals surface area contributed by atoms with Crippen LogP contribution in [-0.2, 0) is 4.79 Å². The Morgan fingerprint density at radius 1 is 1.00 bits per heavy atom. The highest BCUT2D eigenvalue weighted by Gasteiger charge is 2.27. The Morgan fingerprint density at radius 3 is 2.68 bits per heavy atom. The average molecular weight is 418 g/mol. The topological polar surface area (TPSA) is 69.7 Å². The summed E-state index contributed by atoms with van der Waals surface area (Å²) in [5.41, 5.74) is 1.70. The van der Waals surface area contributed by atoms with Gasteiger partial charge in [-0.25, -0.2) is 0 Å². The molecule has 6 nitrogen and oxygen atoms in total. The van der Waals surface area contributed by atoms with E-state index in [2.05, 4.69) is 10.3 Å². The molecule has 1 aliphatic carbocycles. The molecule has 160 valence electrons. The van der Waals surface area contributed by atoms with Crippen molar-refractivity contribution < 1.29 is 19.0 Å².